The lowest BCUT2D eigenvalue weighted by Crippen LogP contribution is -2.10. The van der Waals surface area contributed by atoms with E-state index in [0.717, 1.165) is 72.0 Å². The summed E-state index contributed by atoms with van der Waals surface area (Å²) in [5.74, 6) is 0. The van der Waals surface area contributed by atoms with Crippen LogP contribution >= 0.6 is 0 Å². The van der Waals surface area contributed by atoms with Crippen molar-refractivity contribution in [3.05, 3.63) is 176 Å². The van der Waals surface area contributed by atoms with Gasteiger partial charge in [-0.25, -0.2) is 0 Å². The molecule has 2 heterocycles. The van der Waals surface area contributed by atoms with Crippen LogP contribution in [0.4, 0.5) is 17.1 Å². The zero-order valence-electron chi connectivity index (χ0n) is 27.4. The summed E-state index contributed by atoms with van der Waals surface area (Å²) in [4.78, 5) is 2.25. The van der Waals surface area contributed by atoms with E-state index in [1.165, 1.54) is 16.3 Å². The number of hydrogen-bond donors (Lipinski definition) is 0. The zero-order valence-corrected chi connectivity index (χ0v) is 26.4. The van der Waals surface area contributed by atoms with Gasteiger partial charge in [-0.05, 0) is 81.5 Å². The Morgan fingerprint density at radius 2 is 1.00 bits per heavy atom. The third kappa shape index (κ3) is 4.44. The summed E-state index contributed by atoms with van der Waals surface area (Å²) >= 11 is 0. The van der Waals surface area contributed by atoms with Gasteiger partial charge in [-0.2, -0.15) is 0 Å². The maximum Gasteiger partial charge on any atom is 0.159 e. The van der Waals surface area contributed by atoms with Crippen LogP contribution in [-0.2, 0) is 0 Å². The summed E-state index contributed by atoms with van der Waals surface area (Å²) in [6, 6.07) is 59.3. The molecule has 0 aliphatic heterocycles. The molecule has 10 aromatic rings. The molecule has 0 radical (unpaired) electrons. The Balaban J connectivity index is 1.14. The van der Waals surface area contributed by atoms with Gasteiger partial charge in [0.1, 0.15) is 16.7 Å². The lowest BCUT2D eigenvalue weighted by Gasteiger charge is -2.26. The van der Waals surface area contributed by atoms with Crippen LogP contribution in [0, 0.1) is 0 Å². The topological polar surface area (TPSA) is 29.5 Å². The van der Waals surface area contributed by atoms with E-state index >= 15 is 0 Å². The highest BCUT2D eigenvalue weighted by molar-refractivity contribution is 6.13. The molecular formula is C46H29NO2. The Morgan fingerprint density at radius 3 is 1.84 bits per heavy atom. The Kier molecular flexibility index (Phi) is 5.95. The predicted octanol–water partition coefficient (Wildman–Crippen LogP) is 13.4. The van der Waals surface area contributed by atoms with Gasteiger partial charge in [-0.1, -0.05) is 127 Å². The zero-order chi connectivity index (χ0) is 33.2. The fourth-order valence-electron chi connectivity index (χ4n) is 7.34. The van der Waals surface area contributed by atoms with Crippen LogP contribution in [0.3, 0.4) is 0 Å². The van der Waals surface area contributed by atoms with Crippen molar-refractivity contribution >= 4 is 71.7 Å². The second-order valence-electron chi connectivity index (χ2n) is 12.4. The van der Waals surface area contributed by atoms with Crippen molar-refractivity contribution in [3.63, 3.8) is 0 Å². The summed E-state index contributed by atoms with van der Waals surface area (Å²) < 4.78 is 21.3. The van der Waals surface area contributed by atoms with Crippen molar-refractivity contribution < 1.29 is 10.2 Å². The van der Waals surface area contributed by atoms with E-state index in [-0.39, 0.29) is 0 Å². The number of fused-ring (bicyclic) bond motifs is 7. The Bertz CT molecular complexity index is 2880. The summed E-state index contributed by atoms with van der Waals surface area (Å²) in [6.07, 6.45) is 0. The average Bonchev–Trinajstić information content (AvgIpc) is 3.76. The maximum atomic E-state index is 8.55. The minimum Gasteiger partial charge on any atom is -0.456 e. The van der Waals surface area contributed by atoms with Crippen molar-refractivity contribution in [2.75, 3.05) is 4.90 Å². The van der Waals surface area contributed by atoms with Crippen LogP contribution in [0.2, 0.25) is 0 Å². The number of benzene rings is 8. The highest BCUT2D eigenvalue weighted by Crippen LogP contribution is 2.44. The number of rotatable bonds is 5. The van der Waals surface area contributed by atoms with Crippen LogP contribution < -0.4 is 4.90 Å². The normalized spacial score (nSPS) is 12.0. The number of furan rings is 2. The van der Waals surface area contributed by atoms with Crippen molar-refractivity contribution in [1.29, 1.82) is 0 Å². The quantitative estimate of drug-likeness (QED) is 0.190. The molecule has 0 amide bonds. The lowest BCUT2D eigenvalue weighted by molar-refractivity contribution is 0.668. The van der Waals surface area contributed by atoms with Crippen LogP contribution in [0.25, 0.3) is 76.9 Å². The molecule has 0 aliphatic carbocycles. The molecule has 10 rings (SSSR count). The molecule has 0 spiro atoms. The number of hydrogen-bond acceptors (Lipinski definition) is 3. The summed E-state index contributed by atoms with van der Waals surface area (Å²) in [7, 11) is 0. The monoisotopic (exact) mass is 628 g/mol. The van der Waals surface area contributed by atoms with Gasteiger partial charge in [-0.15, -0.1) is 0 Å². The molecule has 0 saturated carbocycles. The molecule has 49 heavy (non-hydrogen) atoms. The summed E-state index contributed by atoms with van der Waals surface area (Å²) in [6.45, 7) is 0. The van der Waals surface area contributed by atoms with Gasteiger partial charge in [0.05, 0.1) is 7.06 Å². The number of para-hydroxylation sites is 3. The second kappa shape index (κ2) is 11.0. The first-order valence-electron chi connectivity index (χ1n) is 17.0. The second-order valence-corrected chi connectivity index (χ2v) is 12.4. The van der Waals surface area contributed by atoms with Gasteiger partial charge in [-0.3, -0.25) is 0 Å². The first-order valence-corrected chi connectivity index (χ1v) is 16.5. The Labute approximate surface area is 284 Å². The highest BCUT2D eigenvalue weighted by atomic mass is 16.3. The number of anilines is 3. The third-order valence-corrected chi connectivity index (χ3v) is 9.61. The van der Waals surface area contributed by atoms with E-state index in [2.05, 4.69) is 138 Å². The fraction of sp³-hybridized carbons (Fsp3) is 0. The first kappa shape index (κ1) is 26.5. The van der Waals surface area contributed by atoms with E-state index in [1.54, 1.807) is 6.07 Å². The minimum atomic E-state index is 0.376. The largest absolute Gasteiger partial charge is 0.456 e. The SMILES string of the molecule is [2H]c1cccc2c1oc1c(N(c3ccc(-c4cccc5ccccc45)cc3)c3ccc(-c4cccc5oc6ccccc6c45)cc3)cccc12. The molecule has 0 N–H and O–H groups in total. The maximum absolute atomic E-state index is 8.55. The Morgan fingerprint density at radius 1 is 0.408 bits per heavy atom. The van der Waals surface area contributed by atoms with Crippen LogP contribution in [0.15, 0.2) is 185 Å². The Hall–Kier alpha value is -6.58. The van der Waals surface area contributed by atoms with Gasteiger partial charge >= 0.3 is 0 Å². The molecule has 0 atom stereocenters. The van der Waals surface area contributed by atoms with Crippen LogP contribution in [-0.4, -0.2) is 0 Å². The lowest BCUT2D eigenvalue weighted by atomic mass is 9.97. The molecule has 8 aromatic carbocycles. The molecular weight excluding hydrogens is 599 g/mol. The van der Waals surface area contributed by atoms with Crippen molar-refractivity contribution in [2.24, 2.45) is 0 Å². The number of nitrogens with zero attached hydrogens (tertiary/aromatic N) is 1. The van der Waals surface area contributed by atoms with Gasteiger partial charge in [0, 0.05) is 32.9 Å². The van der Waals surface area contributed by atoms with Crippen LogP contribution in [0.1, 0.15) is 1.37 Å². The molecule has 0 fully saturated rings. The predicted molar refractivity (Wildman–Crippen MR) is 204 cm³/mol. The van der Waals surface area contributed by atoms with E-state index in [4.69, 9.17) is 10.2 Å². The van der Waals surface area contributed by atoms with Crippen molar-refractivity contribution in [2.45, 2.75) is 0 Å². The highest BCUT2D eigenvalue weighted by Gasteiger charge is 2.20. The molecule has 0 saturated heterocycles. The molecule has 230 valence electrons. The van der Waals surface area contributed by atoms with Gasteiger partial charge in [0.15, 0.2) is 5.58 Å². The molecule has 3 heteroatoms. The summed E-state index contributed by atoms with van der Waals surface area (Å²) in [5, 5.41) is 6.61. The third-order valence-electron chi connectivity index (χ3n) is 9.61. The smallest absolute Gasteiger partial charge is 0.159 e. The average molecular weight is 629 g/mol. The van der Waals surface area contributed by atoms with Gasteiger partial charge in [0.25, 0.3) is 0 Å². The first-order chi connectivity index (χ1) is 24.7. The fourth-order valence-corrected chi connectivity index (χ4v) is 7.34. The van der Waals surface area contributed by atoms with Crippen molar-refractivity contribution in [3.8, 4) is 22.3 Å². The molecule has 3 nitrogen and oxygen atoms in total. The summed E-state index contributed by atoms with van der Waals surface area (Å²) in [5.41, 5.74) is 10.6. The molecule has 0 aliphatic rings. The van der Waals surface area contributed by atoms with Gasteiger partial charge < -0.3 is 13.7 Å². The molecule has 0 bridgehead atoms. The van der Waals surface area contributed by atoms with Gasteiger partial charge in [0.2, 0.25) is 0 Å². The van der Waals surface area contributed by atoms with E-state index in [0.29, 0.717) is 11.6 Å². The van der Waals surface area contributed by atoms with E-state index < -0.39 is 0 Å². The van der Waals surface area contributed by atoms with E-state index in [9.17, 15) is 0 Å². The molecule has 0 unspecified atom stereocenters. The standard InChI is InChI=1S/C46H29NO2/c1-2-12-35-30(10-1)11-7-15-36(35)31-22-26-33(27-23-31)47(41-18-8-17-39-38-13-3-5-19-42(38)49-46(39)41)34-28-24-32(25-29-34)37-16-9-21-44-45(37)40-14-4-6-20-43(40)48-44/h1-29H/i19D. The van der Waals surface area contributed by atoms with Crippen LogP contribution in [0.5, 0.6) is 0 Å². The van der Waals surface area contributed by atoms with E-state index in [1.807, 2.05) is 30.3 Å². The molecule has 2 aromatic heterocycles. The minimum absolute atomic E-state index is 0.376. The van der Waals surface area contributed by atoms with Crippen molar-refractivity contribution in [1.82, 2.24) is 0 Å².